The van der Waals surface area contributed by atoms with Crippen LogP contribution in [-0.2, 0) is 0 Å². The van der Waals surface area contributed by atoms with Gasteiger partial charge in [-0.05, 0) is 37.6 Å². The third-order valence-corrected chi connectivity index (χ3v) is 3.21. The highest BCUT2D eigenvalue weighted by atomic mass is 79.9. The fourth-order valence-corrected chi connectivity index (χ4v) is 2.27. The van der Waals surface area contributed by atoms with Crippen molar-refractivity contribution in [2.45, 2.75) is 18.9 Å². The lowest BCUT2D eigenvalue weighted by Crippen LogP contribution is -2.45. The van der Waals surface area contributed by atoms with E-state index < -0.39 is 0 Å². The van der Waals surface area contributed by atoms with E-state index in [4.69, 9.17) is 0 Å². The Morgan fingerprint density at radius 1 is 1.50 bits per heavy atom. The first-order valence-electron chi connectivity index (χ1n) is 5.53. The second-order valence-corrected chi connectivity index (χ2v) is 4.94. The number of benzene rings is 1. The average molecular weight is 283 g/mol. The van der Waals surface area contributed by atoms with Crippen LogP contribution in [-0.4, -0.2) is 25.0 Å². The molecule has 1 aromatic carbocycles. The van der Waals surface area contributed by atoms with Crippen molar-refractivity contribution < 1.29 is 4.79 Å². The molecule has 1 aliphatic heterocycles. The number of amides is 1. The first-order chi connectivity index (χ1) is 7.75. The minimum absolute atomic E-state index is 0.00926. The molecular weight excluding hydrogens is 268 g/mol. The van der Waals surface area contributed by atoms with Crippen LogP contribution in [0.1, 0.15) is 23.2 Å². The molecule has 0 saturated carbocycles. The molecule has 1 aliphatic rings. The van der Waals surface area contributed by atoms with E-state index in [0.717, 1.165) is 30.4 Å². The molecule has 2 N–H and O–H groups in total. The molecular formula is C12H15BrN2O. The molecule has 1 saturated heterocycles. The molecule has 86 valence electrons. The van der Waals surface area contributed by atoms with Crippen LogP contribution < -0.4 is 10.6 Å². The topological polar surface area (TPSA) is 41.1 Å². The molecule has 1 amide bonds. The molecule has 0 radical (unpaired) electrons. The number of carbonyl (C=O) groups excluding carboxylic acids is 1. The van der Waals surface area contributed by atoms with Crippen LogP contribution in [0.2, 0.25) is 0 Å². The lowest BCUT2D eigenvalue weighted by Gasteiger charge is -2.23. The van der Waals surface area contributed by atoms with Gasteiger partial charge in [-0.25, -0.2) is 0 Å². The summed E-state index contributed by atoms with van der Waals surface area (Å²) in [6.45, 7) is 1.93. The first kappa shape index (κ1) is 11.6. The lowest BCUT2D eigenvalue weighted by molar-refractivity contribution is 0.0930. The molecule has 0 aromatic heterocycles. The molecule has 16 heavy (non-hydrogen) atoms. The second-order valence-electron chi connectivity index (χ2n) is 4.03. The summed E-state index contributed by atoms with van der Waals surface area (Å²) in [7, 11) is 0. The van der Waals surface area contributed by atoms with Crippen LogP contribution >= 0.6 is 15.9 Å². The fraction of sp³-hybridized carbons (Fsp3) is 0.417. The molecule has 0 bridgehead atoms. The quantitative estimate of drug-likeness (QED) is 0.870. The van der Waals surface area contributed by atoms with Gasteiger partial charge in [0, 0.05) is 22.6 Å². The van der Waals surface area contributed by atoms with E-state index in [1.54, 1.807) is 0 Å². The Bertz CT molecular complexity index is 375. The van der Waals surface area contributed by atoms with Crippen LogP contribution in [0.3, 0.4) is 0 Å². The lowest BCUT2D eigenvalue weighted by atomic mass is 10.1. The van der Waals surface area contributed by atoms with Gasteiger partial charge in [-0.2, -0.15) is 0 Å². The van der Waals surface area contributed by atoms with E-state index in [1.165, 1.54) is 0 Å². The van der Waals surface area contributed by atoms with Gasteiger partial charge in [-0.15, -0.1) is 0 Å². The van der Waals surface area contributed by atoms with Gasteiger partial charge in [0.05, 0.1) is 0 Å². The molecule has 1 heterocycles. The highest BCUT2D eigenvalue weighted by molar-refractivity contribution is 9.10. The van der Waals surface area contributed by atoms with E-state index in [-0.39, 0.29) is 11.9 Å². The number of piperidine rings is 1. The molecule has 1 unspecified atom stereocenters. The van der Waals surface area contributed by atoms with Crippen molar-refractivity contribution in [3.63, 3.8) is 0 Å². The predicted molar refractivity (Wildman–Crippen MR) is 67.5 cm³/mol. The van der Waals surface area contributed by atoms with Gasteiger partial charge in [0.2, 0.25) is 0 Å². The van der Waals surface area contributed by atoms with Gasteiger partial charge in [0.15, 0.2) is 0 Å². The van der Waals surface area contributed by atoms with Gasteiger partial charge in [-0.1, -0.05) is 22.0 Å². The second kappa shape index (κ2) is 5.46. The maximum Gasteiger partial charge on any atom is 0.251 e. The number of hydrogen-bond acceptors (Lipinski definition) is 2. The zero-order chi connectivity index (χ0) is 11.4. The summed E-state index contributed by atoms with van der Waals surface area (Å²) in [6.07, 6.45) is 2.19. The van der Waals surface area contributed by atoms with Crippen LogP contribution in [0.25, 0.3) is 0 Å². The number of nitrogens with one attached hydrogen (secondary N) is 2. The third kappa shape index (κ3) is 3.06. The Kier molecular flexibility index (Phi) is 3.96. The molecule has 1 atom stereocenters. The van der Waals surface area contributed by atoms with Gasteiger partial charge in [0.25, 0.3) is 5.91 Å². The molecule has 3 nitrogen and oxygen atoms in total. The van der Waals surface area contributed by atoms with Crippen LogP contribution in [0.4, 0.5) is 0 Å². The predicted octanol–water partition coefficient (Wildman–Crippen LogP) is 1.93. The molecule has 1 fully saturated rings. The standard InChI is InChI=1S/C12H15BrN2O/c13-10-4-1-3-9(7-10)12(16)15-11-5-2-6-14-8-11/h1,3-4,7,11,14H,2,5-6,8H2,(H,15,16). The van der Waals surface area contributed by atoms with E-state index >= 15 is 0 Å². The summed E-state index contributed by atoms with van der Waals surface area (Å²) < 4.78 is 0.932. The number of halogens is 1. The zero-order valence-electron chi connectivity index (χ0n) is 9.00. The van der Waals surface area contributed by atoms with Crippen molar-refractivity contribution in [3.8, 4) is 0 Å². The smallest absolute Gasteiger partial charge is 0.251 e. The van der Waals surface area contributed by atoms with Crippen LogP contribution in [0, 0.1) is 0 Å². The van der Waals surface area contributed by atoms with Crippen molar-refractivity contribution in [2.75, 3.05) is 13.1 Å². The summed E-state index contributed by atoms with van der Waals surface area (Å²) >= 11 is 3.36. The van der Waals surface area contributed by atoms with Crippen LogP contribution in [0.5, 0.6) is 0 Å². The highest BCUT2D eigenvalue weighted by Gasteiger charge is 2.16. The Morgan fingerprint density at radius 2 is 2.38 bits per heavy atom. The molecule has 0 aliphatic carbocycles. The average Bonchev–Trinajstić information content (AvgIpc) is 2.30. The van der Waals surface area contributed by atoms with Crippen molar-refractivity contribution in [1.29, 1.82) is 0 Å². The Hall–Kier alpha value is -0.870. The van der Waals surface area contributed by atoms with Crippen molar-refractivity contribution >= 4 is 21.8 Å². The SMILES string of the molecule is O=C(NC1CCCNC1)c1cccc(Br)c1. The summed E-state index contributed by atoms with van der Waals surface area (Å²) in [5.74, 6) is 0.00926. The molecule has 0 spiro atoms. The Balaban J connectivity index is 1.97. The maximum atomic E-state index is 11.9. The Morgan fingerprint density at radius 3 is 3.06 bits per heavy atom. The zero-order valence-corrected chi connectivity index (χ0v) is 10.6. The van der Waals surface area contributed by atoms with E-state index in [2.05, 4.69) is 26.6 Å². The summed E-state index contributed by atoms with van der Waals surface area (Å²) in [5, 5.41) is 6.32. The summed E-state index contributed by atoms with van der Waals surface area (Å²) in [6, 6.07) is 7.72. The number of carbonyl (C=O) groups is 1. The number of rotatable bonds is 2. The van der Waals surface area contributed by atoms with Gasteiger partial charge in [0.1, 0.15) is 0 Å². The molecule has 1 aromatic rings. The van der Waals surface area contributed by atoms with Gasteiger partial charge < -0.3 is 10.6 Å². The largest absolute Gasteiger partial charge is 0.348 e. The summed E-state index contributed by atoms with van der Waals surface area (Å²) in [4.78, 5) is 11.9. The molecule has 2 rings (SSSR count). The van der Waals surface area contributed by atoms with E-state index in [1.807, 2.05) is 24.3 Å². The third-order valence-electron chi connectivity index (χ3n) is 2.72. The minimum Gasteiger partial charge on any atom is -0.348 e. The maximum absolute atomic E-state index is 11.9. The van der Waals surface area contributed by atoms with E-state index in [0.29, 0.717) is 5.56 Å². The first-order valence-corrected chi connectivity index (χ1v) is 6.32. The number of hydrogen-bond donors (Lipinski definition) is 2. The van der Waals surface area contributed by atoms with E-state index in [9.17, 15) is 4.79 Å². The van der Waals surface area contributed by atoms with Crippen molar-refractivity contribution in [2.24, 2.45) is 0 Å². The summed E-state index contributed by atoms with van der Waals surface area (Å²) in [5.41, 5.74) is 0.708. The molecule has 4 heteroatoms. The van der Waals surface area contributed by atoms with Gasteiger partial charge >= 0.3 is 0 Å². The fourth-order valence-electron chi connectivity index (χ4n) is 1.87. The van der Waals surface area contributed by atoms with Gasteiger partial charge in [-0.3, -0.25) is 4.79 Å². The Labute approximate surface area is 104 Å². The van der Waals surface area contributed by atoms with Crippen molar-refractivity contribution in [3.05, 3.63) is 34.3 Å². The monoisotopic (exact) mass is 282 g/mol. The highest BCUT2D eigenvalue weighted by Crippen LogP contribution is 2.12. The minimum atomic E-state index is 0.00926. The normalized spacial score (nSPS) is 20.4. The van der Waals surface area contributed by atoms with Crippen molar-refractivity contribution in [1.82, 2.24) is 10.6 Å². The van der Waals surface area contributed by atoms with Crippen LogP contribution in [0.15, 0.2) is 28.7 Å².